The second kappa shape index (κ2) is 9.71. The molecule has 4 nitrogen and oxygen atoms in total. The van der Waals surface area contributed by atoms with Gasteiger partial charge in [0.05, 0.1) is 12.2 Å². The first-order valence-corrected chi connectivity index (χ1v) is 9.33. The minimum Gasteiger partial charge on any atom is -0.493 e. The van der Waals surface area contributed by atoms with E-state index in [0.29, 0.717) is 19.3 Å². The molecule has 4 heteroatoms. The highest BCUT2D eigenvalue weighted by Gasteiger charge is 2.17. The monoisotopic (exact) mass is 348 g/mol. The summed E-state index contributed by atoms with van der Waals surface area (Å²) in [6.07, 6.45) is 8.89. The molecule has 1 aromatic rings. The van der Waals surface area contributed by atoms with Crippen LogP contribution in [0.3, 0.4) is 0 Å². The van der Waals surface area contributed by atoms with Crippen LogP contribution in [0, 0.1) is 5.92 Å². The molecule has 2 rings (SSSR count). The van der Waals surface area contributed by atoms with Gasteiger partial charge in [0.2, 0.25) is 6.79 Å². The lowest BCUT2D eigenvalue weighted by Gasteiger charge is -2.24. The summed E-state index contributed by atoms with van der Waals surface area (Å²) in [4.78, 5) is 0. The summed E-state index contributed by atoms with van der Waals surface area (Å²) in [6, 6.07) is 5.69. The van der Waals surface area contributed by atoms with Gasteiger partial charge >= 0.3 is 0 Å². The molecule has 0 saturated heterocycles. The lowest BCUT2D eigenvalue weighted by molar-refractivity contribution is -0.0180. The number of benzene rings is 1. The van der Waals surface area contributed by atoms with Gasteiger partial charge in [-0.05, 0) is 58.1 Å². The molecule has 0 radical (unpaired) electrons. The molecule has 1 aliphatic heterocycles. The summed E-state index contributed by atoms with van der Waals surface area (Å²) < 4.78 is 22.1. The van der Waals surface area contributed by atoms with Gasteiger partial charge in [0, 0.05) is 12.7 Å². The quantitative estimate of drug-likeness (QED) is 0.398. The second-order valence-electron chi connectivity index (χ2n) is 7.14. The van der Waals surface area contributed by atoms with E-state index in [-0.39, 0.29) is 5.60 Å². The van der Waals surface area contributed by atoms with Crippen molar-refractivity contribution in [2.45, 2.75) is 59.0 Å². The molecule has 1 aromatic carbocycles. The van der Waals surface area contributed by atoms with Gasteiger partial charge in [-0.1, -0.05) is 25.5 Å². The van der Waals surface area contributed by atoms with E-state index in [0.717, 1.165) is 36.7 Å². The van der Waals surface area contributed by atoms with Crippen molar-refractivity contribution in [2.24, 2.45) is 5.92 Å². The average Bonchev–Trinajstić information content (AvgIpc) is 3.02. The van der Waals surface area contributed by atoms with Crippen LogP contribution in [0.4, 0.5) is 0 Å². The fourth-order valence-corrected chi connectivity index (χ4v) is 2.95. The summed E-state index contributed by atoms with van der Waals surface area (Å²) >= 11 is 0. The fourth-order valence-electron chi connectivity index (χ4n) is 2.95. The zero-order valence-electron chi connectivity index (χ0n) is 16.0. The van der Waals surface area contributed by atoms with Crippen molar-refractivity contribution >= 4 is 0 Å². The van der Waals surface area contributed by atoms with E-state index >= 15 is 0 Å². The number of hydrogen-bond acceptors (Lipinski definition) is 4. The van der Waals surface area contributed by atoms with Crippen LogP contribution >= 0.6 is 0 Å². The molecular formula is C21H32O4. The normalized spacial score (nSPS) is 14.9. The molecule has 0 aromatic heterocycles. The standard InChI is InChI=1S/C21H32O4/c1-5-25-21(3,4)13-8-10-17(2)9-6-7-14-22-18-11-12-19-20(15-18)24-16-23-19/h6,9,11-12,15,17H,5,7-8,10,13-14,16H2,1-4H3. The van der Waals surface area contributed by atoms with Gasteiger partial charge in [0.25, 0.3) is 0 Å². The lowest BCUT2D eigenvalue weighted by atomic mass is 9.96. The molecule has 140 valence electrons. The van der Waals surface area contributed by atoms with Crippen LogP contribution in [-0.4, -0.2) is 25.6 Å². The number of rotatable bonds is 11. The third kappa shape index (κ3) is 6.99. The van der Waals surface area contributed by atoms with E-state index in [1.54, 1.807) is 0 Å². The van der Waals surface area contributed by atoms with Crippen molar-refractivity contribution in [2.75, 3.05) is 20.0 Å². The second-order valence-corrected chi connectivity index (χ2v) is 7.14. The highest BCUT2D eigenvalue weighted by atomic mass is 16.7. The summed E-state index contributed by atoms with van der Waals surface area (Å²) in [5, 5.41) is 0. The lowest BCUT2D eigenvalue weighted by Crippen LogP contribution is -2.24. The van der Waals surface area contributed by atoms with Gasteiger partial charge in [-0.2, -0.15) is 0 Å². The van der Waals surface area contributed by atoms with Crippen LogP contribution in [0.15, 0.2) is 30.4 Å². The summed E-state index contributed by atoms with van der Waals surface area (Å²) in [5.41, 5.74) is -0.00333. The molecule has 1 atom stereocenters. The van der Waals surface area contributed by atoms with Crippen LogP contribution in [-0.2, 0) is 4.74 Å². The fraction of sp³-hybridized carbons (Fsp3) is 0.619. The van der Waals surface area contributed by atoms with Crippen LogP contribution < -0.4 is 14.2 Å². The number of hydrogen-bond donors (Lipinski definition) is 0. The molecule has 25 heavy (non-hydrogen) atoms. The molecule has 0 N–H and O–H groups in total. The Kier molecular flexibility index (Phi) is 7.63. The predicted octanol–water partition coefficient (Wildman–Crippen LogP) is 5.36. The predicted molar refractivity (Wildman–Crippen MR) is 101 cm³/mol. The topological polar surface area (TPSA) is 36.9 Å². The smallest absolute Gasteiger partial charge is 0.231 e. The third-order valence-corrected chi connectivity index (χ3v) is 4.34. The molecule has 0 spiro atoms. The Bertz CT molecular complexity index is 551. The van der Waals surface area contributed by atoms with Gasteiger partial charge in [-0.15, -0.1) is 0 Å². The number of allylic oxidation sites excluding steroid dienone is 1. The maximum atomic E-state index is 5.76. The molecule has 0 saturated carbocycles. The minimum atomic E-state index is -0.00333. The van der Waals surface area contributed by atoms with E-state index in [4.69, 9.17) is 18.9 Å². The van der Waals surface area contributed by atoms with Gasteiger partial charge < -0.3 is 18.9 Å². The van der Waals surface area contributed by atoms with Crippen LogP contribution in [0.5, 0.6) is 17.2 Å². The summed E-state index contributed by atoms with van der Waals surface area (Å²) in [7, 11) is 0. The minimum absolute atomic E-state index is 0.00333. The van der Waals surface area contributed by atoms with Gasteiger partial charge in [0.15, 0.2) is 11.5 Å². The first-order chi connectivity index (χ1) is 12.0. The van der Waals surface area contributed by atoms with Crippen molar-refractivity contribution in [1.29, 1.82) is 0 Å². The molecule has 1 aliphatic rings. The molecule has 0 bridgehead atoms. The van der Waals surface area contributed by atoms with Crippen LogP contribution in [0.25, 0.3) is 0 Å². The zero-order chi connectivity index (χ0) is 18.1. The van der Waals surface area contributed by atoms with E-state index in [1.807, 2.05) is 18.2 Å². The van der Waals surface area contributed by atoms with E-state index < -0.39 is 0 Å². The van der Waals surface area contributed by atoms with Crippen molar-refractivity contribution < 1.29 is 18.9 Å². The maximum Gasteiger partial charge on any atom is 0.231 e. The Morgan fingerprint density at radius 2 is 2.04 bits per heavy atom. The third-order valence-electron chi connectivity index (χ3n) is 4.34. The molecule has 0 aliphatic carbocycles. The Morgan fingerprint density at radius 1 is 1.24 bits per heavy atom. The van der Waals surface area contributed by atoms with Gasteiger partial charge in [-0.3, -0.25) is 0 Å². The highest BCUT2D eigenvalue weighted by Crippen LogP contribution is 2.35. The summed E-state index contributed by atoms with van der Waals surface area (Å²) in [6.45, 7) is 10.4. The van der Waals surface area contributed by atoms with E-state index in [1.165, 1.54) is 12.8 Å². The zero-order valence-corrected chi connectivity index (χ0v) is 16.0. The molecular weight excluding hydrogens is 316 g/mol. The van der Waals surface area contributed by atoms with Crippen LogP contribution in [0.2, 0.25) is 0 Å². The van der Waals surface area contributed by atoms with Crippen molar-refractivity contribution in [1.82, 2.24) is 0 Å². The highest BCUT2D eigenvalue weighted by molar-refractivity contribution is 5.46. The van der Waals surface area contributed by atoms with E-state index in [2.05, 4.69) is 39.8 Å². The molecule has 1 unspecified atom stereocenters. The first-order valence-electron chi connectivity index (χ1n) is 9.33. The van der Waals surface area contributed by atoms with Crippen LogP contribution in [0.1, 0.15) is 53.4 Å². The van der Waals surface area contributed by atoms with Gasteiger partial charge in [0.1, 0.15) is 5.75 Å². The van der Waals surface area contributed by atoms with Crippen molar-refractivity contribution in [3.63, 3.8) is 0 Å². The Morgan fingerprint density at radius 3 is 2.84 bits per heavy atom. The molecule has 0 amide bonds. The van der Waals surface area contributed by atoms with Crippen molar-refractivity contribution in [3.05, 3.63) is 30.4 Å². The molecule has 1 heterocycles. The number of fused-ring (bicyclic) bond motifs is 1. The first kappa shape index (κ1) is 19.6. The maximum absolute atomic E-state index is 5.76. The Balaban J connectivity index is 1.59. The Labute approximate surface area is 152 Å². The van der Waals surface area contributed by atoms with E-state index in [9.17, 15) is 0 Å². The van der Waals surface area contributed by atoms with Gasteiger partial charge in [-0.25, -0.2) is 0 Å². The Hall–Kier alpha value is -1.68. The SMILES string of the molecule is CCOC(C)(C)CCCC(C)C=CCCOc1ccc2c(c1)OCO2. The van der Waals surface area contributed by atoms with Crippen molar-refractivity contribution in [3.8, 4) is 17.2 Å². The molecule has 0 fully saturated rings. The largest absolute Gasteiger partial charge is 0.493 e. The summed E-state index contributed by atoms with van der Waals surface area (Å²) in [5.74, 6) is 2.96. The number of ether oxygens (including phenoxy) is 4. The average molecular weight is 348 g/mol.